The van der Waals surface area contributed by atoms with Crippen LogP contribution in [0.2, 0.25) is 0 Å². The topological polar surface area (TPSA) is 64.3 Å². The van der Waals surface area contributed by atoms with Gasteiger partial charge in [-0.15, -0.1) is 0 Å². The molecule has 0 spiro atoms. The second-order valence-electron chi connectivity index (χ2n) is 4.64. The molecule has 0 amide bonds. The summed E-state index contributed by atoms with van der Waals surface area (Å²) in [6.07, 6.45) is 0. The Morgan fingerprint density at radius 3 is 2.71 bits per heavy atom. The number of nitrogens with zero attached hydrogens (tertiary/aromatic N) is 2. The minimum Gasteiger partial charge on any atom is -0.478 e. The van der Waals surface area contributed by atoms with Crippen molar-refractivity contribution in [3.8, 4) is 6.07 Å². The molecular weight excluding hydrogens is 332 g/mol. The molecule has 0 saturated carbocycles. The van der Waals surface area contributed by atoms with E-state index in [4.69, 9.17) is 10.4 Å². The third-order valence-electron chi connectivity index (χ3n) is 3.08. The maximum absolute atomic E-state index is 10.9. The fraction of sp³-hybridized carbons (Fsp3) is 0.125. The van der Waals surface area contributed by atoms with E-state index in [1.165, 1.54) is 0 Å². The van der Waals surface area contributed by atoms with Crippen LogP contribution in [0.5, 0.6) is 0 Å². The van der Waals surface area contributed by atoms with Crippen molar-refractivity contribution >= 4 is 27.6 Å². The molecule has 0 aliphatic carbocycles. The van der Waals surface area contributed by atoms with Gasteiger partial charge in [-0.05, 0) is 51.8 Å². The van der Waals surface area contributed by atoms with E-state index in [1.807, 2.05) is 30.1 Å². The molecule has 0 aliphatic heterocycles. The van der Waals surface area contributed by atoms with E-state index in [2.05, 4.69) is 22.0 Å². The van der Waals surface area contributed by atoms with Crippen molar-refractivity contribution in [2.24, 2.45) is 0 Å². The molecule has 106 valence electrons. The SMILES string of the molecule is CN(Cc1cccc(C#N)c1)c1ccc(C(=O)O)cc1Br. The van der Waals surface area contributed by atoms with Crippen molar-refractivity contribution < 1.29 is 9.90 Å². The molecule has 2 aromatic rings. The van der Waals surface area contributed by atoms with Crippen LogP contribution in [0.25, 0.3) is 0 Å². The average Bonchev–Trinajstić information content (AvgIpc) is 2.47. The smallest absolute Gasteiger partial charge is 0.335 e. The van der Waals surface area contributed by atoms with E-state index in [-0.39, 0.29) is 5.56 Å². The predicted octanol–water partition coefficient (Wildman–Crippen LogP) is 3.66. The zero-order valence-corrected chi connectivity index (χ0v) is 13.0. The zero-order valence-electron chi connectivity index (χ0n) is 11.4. The van der Waals surface area contributed by atoms with Crippen LogP contribution in [0.3, 0.4) is 0 Å². The van der Waals surface area contributed by atoms with Crippen LogP contribution in [0.1, 0.15) is 21.5 Å². The Hall–Kier alpha value is -2.32. The van der Waals surface area contributed by atoms with Gasteiger partial charge in [0.15, 0.2) is 0 Å². The van der Waals surface area contributed by atoms with Gasteiger partial charge in [0.25, 0.3) is 0 Å². The van der Waals surface area contributed by atoms with Gasteiger partial charge in [-0.1, -0.05) is 12.1 Å². The number of halogens is 1. The Bertz CT molecular complexity index is 722. The van der Waals surface area contributed by atoms with Gasteiger partial charge in [0.05, 0.1) is 22.9 Å². The minimum atomic E-state index is -0.952. The fourth-order valence-electron chi connectivity index (χ4n) is 2.05. The highest BCUT2D eigenvalue weighted by atomic mass is 79.9. The van der Waals surface area contributed by atoms with E-state index >= 15 is 0 Å². The van der Waals surface area contributed by atoms with Gasteiger partial charge in [-0.25, -0.2) is 4.79 Å². The monoisotopic (exact) mass is 344 g/mol. The fourth-order valence-corrected chi connectivity index (χ4v) is 2.73. The Labute approximate surface area is 131 Å². The molecular formula is C16H13BrN2O2. The summed E-state index contributed by atoms with van der Waals surface area (Å²) in [4.78, 5) is 12.9. The summed E-state index contributed by atoms with van der Waals surface area (Å²) < 4.78 is 0.723. The second-order valence-corrected chi connectivity index (χ2v) is 5.49. The third kappa shape index (κ3) is 3.61. The number of anilines is 1. The number of aromatic carboxylic acids is 1. The lowest BCUT2D eigenvalue weighted by molar-refractivity contribution is 0.0697. The van der Waals surface area contributed by atoms with Gasteiger partial charge >= 0.3 is 5.97 Å². The average molecular weight is 345 g/mol. The van der Waals surface area contributed by atoms with Crippen LogP contribution in [-0.2, 0) is 6.54 Å². The van der Waals surface area contributed by atoms with E-state index in [0.717, 1.165) is 15.7 Å². The maximum Gasteiger partial charge on any atom is 0.335 e. The molecule has 2 aromatic carbocycles. The van der Waals surface area contributed by atoms with Crippen molar-refractivity contribution in [1.82, 2.24) is 0 Å². The van der Waals surface area contributed by atoms with Crippen LogP contribution in [-0.4, -0.2) is 18.1 Å². The molecule has 5 heteroatoms. The summed E-state index contributed by atoms with van der Waals surface area (Å²) in [7, 11) is 1.92. The first-order valence-electron chi connectivity index (χ1n) is 6.24. The molecule has 0 unspecified atom stereocenters. The van der Waals surface area contributed by atoms with Gasteiger partial charge in [0.2, 0.25) is 0 Å². The summed E-state index contributed by atoms with van der Waals surface area (Å²) in [5.74, 6) is -0.952. The van der Waals surface area contributed by atoms with Gasteiger partial charge in [0, 0.05) is 18.1 Å². The van der Waals surface area contributed by atoms with Gasteiger partial charge in [-0.3, -0.25) is 0 Å². The molecule has 4 nitrogen and oxygen atoms in total. The quantitative estimate of drug-likeness (QED) is 0.919. The summed E-state index contributed by atoms with van der Waals surface area (Å²) in [5.41, 5.74) is 2.78. The van der Waals surface area contributed by atoms with Gasteiger partial charge < -0.3 is 10.0 Å². The third-order valence-corrected chi connectivity index (χ3v) is 3.72. The highest BCUT2D eigenvalue weighted by Gasteiger charge is 2.10. The molecule has 0 heterocycles. The largest absolute Gasteiger partial charge is 0.478 e. The van der Waals surface area contributed by atoms with Crippen LogP contribution in [0.15, 0.2) is 46.9 Å². The predicted molar refractivity (Wildman–Crippen MR) is 84.4 cm³/mol. The van der Waals surface area contributed by atoms with E-state index in [0.29, 0.717) is 12.1 Å². The molecule has 0 radical (unpaired) electrons. The minimum absolute atomic E-state index is 0.241. The van der Waals surface area contributed by atoms with E-state index < -0.39 is 5.97 Å². The van der Waals surface area contributed by atoms with E-state index in [9.17, 15) is 4.79 Å². The molecule has 0 atom stereocenters. The first-order valence-corrected chi connectivity index (χ1v) is 7.03. The molecule has 0 aromatic heterocycles. The van der Waals surface area contributed by atoms with Crippen molar-refractivity contribution in [3.63, 3.8) is 0 Å². The first-order chi connectivity index (χ1) is 10.0. The number of benzene rings is 2. The summed E-state index contributed by atoms with van der Waals surface area (Å²) in [6.45, 7) is 0.626. The molecule has 1 N–H and O–H groups in total. The molecule has 21 heavy (non-hydrogen) atoms. The van der Waals surface area contributed by atoms with Gasteiger partial charge in [-0.2, -0.15) is 5.26 Å². The normalized spacial score (nSPS) is 9.95. The highest BCUT2D eigenvalue weighted by molar-refractivity contribution is 9.10. The Morgan fingerprint density at radius 2 is 2.10 bits per heavy atom. The lowest BCUT2D eigenvalue weighted by Crippen LogP contribution is -2.17. The summed E-state index contributed by atoms with van der Waals surface area (Å²) in [6, 6.07) is 14.5. The van der Waals surface area contributed by atoms with E-state index in [1.54, 1.807) is 24.3 Å². The number of nitriles is 1. The molecule has 0 saturated heterocycles. The number of rotatable bonds is 4. The number of carbonyl (C=O) groups is 1. The number of hydrogen-bond donors (Lipinski definition) is 1. The number of carboxylic acids is 1. The Morgan fingerprint density at radius 1 is 1.33 bits per heavy atom. The maximum atomic E-state index is 10.9. The Balaban J connectivity index is 2.22. The van der Waals surface area contributed by atoms with Crippen molar-refractivity contribution in [2.45, 2.75) is 6.54 Å². The lowest BCUT2D eigenvalue weighted by atomic mass is 10.1. The number of carboxylic acid groups (broad SMARTS) is 1. The zero-order chi connectivity index (χ0) is 15.4. The first kappa shape index (κ1) is 15.1. The second kappa shape index (κ2) is 6.42. The van der Waals surface area contributed by atoms with Crippen LogP contribution in [0.4, 0.5) is 5.69 Å². The molecule has 2 rings (SSSR count). The van der Waals surface area contributed by atoms with Crippen LogP contribution >= 0.6 is 15.9 Å². The summed E-state index contributed by atoms with van der Waals surface area (Å²) >= 11 is 3.40. The highest BCUT2D eigenvalue weighted by Crippen LogP contribution is 2.27. The van der Waals surface area contributed by atoms with Crippen molar-refractivity contribution in [3.05, 3.63) is 63.6 Å². The molecule has 0 fully saturated rings. The van der Waals surface area contributed by atoms with Crippen LogP contribution in [0, 0.1) is 11.3 Å². The van der Waals surface area contributed by atoms with Crippen LogP contribution < -0.4 is 4.90 Å². The lowest BCUT2D eigenvalue weighted by Gasteiger charge is -2.21. The standard InChI is InChI=1S/C16H13BrN2O2/c1-19(10-12-4-2-3-11(7-12)9-18)15-6-5-13(16(20)21)8-14(15)17/h2-8H,10H2,1H3,(H,20,21). The molecule has 0 aliphatic rings. The Kier molecular flexibility index (Phi) is 4.61. The van der Waals surface area contributed by atoms with Crippen molar-refractivity contribution in [2.75, 3.05) is 11.9 Å². The van der Waals surface area contributed by atoms with Crippen molar-refractivity contribution in [1.29, 1.82) is 5.26 Å². The van der Waals surface area contributed by atoms with Gasteiger partial charge in [0.1, 0.15) is 0 Å². The summed E-state index contributed by atoms with van der Waals surface area (Å²) in [5, 5.41) is 17.9. The molecule has 0 bridgehead atoms. The number of hydrogen-bond acceptors (Lipinski definition) is 3.